The zero-order chi connectivity index (χ0) is 19.1. The Kier molecular flexibility index (Phi) is 4.26. The van der Waals surface area contributed by atoms with Crippen molar-refractivity contribution in [1.82, 2.24) is 14.5 Å². The van der Waals surface area contributed by atoms with Crippen LogP contribution in [0.2, 0.25) is 0 Å². The van der Waals surface area contributed by atoms with E-state index in [-0.39, 0.29) is 5.56 Å². The number of hydrogen-bond acceptors (Lipinski definition) is 3. The highest BCUT2D eigenvalue weighted by Crippen LogP contribution is 2.27. The van der Waals surface area contributed by atoms with Crippen LogP contribution in [0.1, 0.15) is 18.5 Å². The third-order valence-electron chi connectivity index (χ3n) is 5.78. The van der Waals surface area contributed by atoms with Crippen LogP contribution < -0.4 is 5.56 Å². The van der Waals surface area contributed by atoms with Crippen LogP contribution in [0.5, 0.6) is 0 Å². The summed E-state index contributed by atoms with van der Waals surface area (Å²) in [6.45, 7) is 5.78. The second-order valence-corrected chi connectivity index (χ2v) is 7.40. The number of H-pyrrole nitrogens is 1. The van der Waals surface area contributed by atoms with Crippen molar-refractivity contribution < 1.29 is 4.74 Å². The SMILES string of the molecule is CC(c1ccc2c(ccn2-c2cc3ccccc3[nH]c2=O)c1)N1CCOCC1. The average molecular weight is 373 g/mol. The lowest BCUT2D eigenvalue weighted by Crippen LogP contribution is -2.37. The normalized spacial score (nSPS) is 16.6. The van der Waals surface area contributed by atoms with Gasteiger partial charge in [0, 0.05) is 41.6 Å². The molecule has 1 aliphatic heterocycles. The van der Waals surface area contributed by atoms with Crippen molar-refractivity contribution in [3.8, 4) is 5.69 Å². The Labute approximate surface area is 163 Å². The van der Waals surface area contributed by atoms with Crippen LogP contribution in [0, 0.1) is 0 Å². The minimum Gasteiger partial charge on any atom is -0.379 e. The molecule has 1 N–H and O–H groups in total. The second-order valence-electron chi connectivity index (χ2n) is 7.40. The summed E-state index contributed by atoms with van der Waals surface area (Å²) in [4.78, 5) is 18.1. The Morgan fingerprint density at radius 2 is 1.82 bits per heavy atom. The Morgan fingerprint density at radius 1 is 1.00 bits per heavy atom. The van der Waals surface area contributed by atoms with Gasteiger partial charge in [0.15, 0.2) is 0 Å². The van der Waals surface area contributed by atoms with Crippen LogP contribution in [0.25, 0.3) is 27.5 Å². The third kappa shape index (κ3) is 2.93. The summed E-state index contributed by atoms with van der Waals surface area (Å²) >= 11 is 0. The van der Waals surface area contributed by atoms with Crippen molar-refractivity contribution in [3.63, 3.8) is 0 Å². The molecule has 1 fully saturated rings. The highest BCUT2D eigenvalue weighted by atomic mass is 16.5. The van der Waals surface area contributed by atoms with E-state index in [1.807, 2.05) is 41.1 Å². The molecule has 1 saturated heterocycles. The number of benzene rings is 2. The molecular weight excluding hydrogens is 350 g/mol. The quantitative estimate of drug-likeness (QED) is 0.593. The van der Waals surface area contributed by atoms with Gasteiger partial charge in [0.1, 0.15) is 5.69 Å². The maximum absolute atomic E-state index is 12.7. The molecule has 1 aliphatic rings. The van der Waals surface area contributed by atoms with E-state index in [9.17, 15) is 4.79 Å². The van der Waals surface area contributed by atoms with E-state index < -0.39 is 0 Å². The van der Waals surface area contributed by atoms with E-state index in [0.29, 0.717) is 11.7 Å². The molecular formula is C23H23N3O2. The zero-order valence-electron chi connectivity index (χ0n) is 15.9. The molecule has 0 amide bonds. The molecule has 4 aromatic rings. The number of nitrogens with one attached hydrogen (secondary N) is 1. The van der Waals surface area contributed by atoms with Crippen LogP contribution >= 0.6 is 0 Å². The van der Waals surface area contributed by atoms with Crippen LogP contribution in [-0.4, -0.2) is 40.8 Å². The Balaban J connectivity index is 1.55. The van der Waals surface area contributed by atoms with Crippen LogP contribution in [0.15, 0.2) is 65.6 Å². The van der Waals surface area contributed by atoms with Crippen molar-refractivity contribution in [2.45, 2.75) is 13.0 Å². The molecule has 2 aromatic heterocycles. The summed E-state index contributed by atoms with van der Waals surface area (Å²) in [6.07, 6.45) is 1.98. The molecule has 0 bridgehead atoms. The number of rotatable bonds is 3. The summed E-state index contributed by atoms with van der Waals surface area (Å²) in [7, 11) is 0. The van der Waals surface area contributed by atoms with Gasteiger partial charge in [-0.25, -0.2) is 0 Å². The maximum atomic E-state index is 12.7. The minimum atomic E-state index is -0.0815. The Bertz CT molecular complexity index is 1200. The lowest BCUT2D eigenvalue weighted by molar-refractivity contribution is 0.0199. The van der Waals surface area contributed by atoms with Gasteiger partial charge in [0.25, 0.3) is 5.56 Å². The fourth-order valence-electron chi connectivity index (χ4n) is 4.12. The highest BCUT2D eigenvalue weighted by Gasteiger charge is 2.19. The molecule has 0 radical (unpaired) electrons. The number of nitrogens with zero attached hydrogens (tertiary/aromatic N) is 2. The summed E-state index contributed by atoms with van der Waals surface area (Å²) in [5.41, 5.74) is 3.75. The molecule has 5 rings (SSSR count). The third-order valence-corrected chi connectivity index (χ3v) is 5.78. The summed E-state index contributed by atoms with van der Waals surface area (Å²) in [5.74, 6) is 0. The number of hydrogen-bond donors (Lipinski definition) is 1. The van der Waals surface area contributed by atoms with Crippen LogP contribution in [-0.2, 0) is 4.74 Å². The molecule has 5 heteroatoms. The van der Waals surface area contributed by atoms with Crippen molar-refractivity contribution in [2.75, 3.05) is 26.3 Å². The molecule has 1 atom stereocenters. The first kappa shape index (κ1) is 17.2. The zero-order valence-corrected chi connectivity index (χ0v) is 15.9. The number of fused-ring (bicyclic) bond motifs is 2. The number of pyridine rings is 1. The van der Waals surface area contributed by atoms with Crippen molar-refractivity contribution in [2.24, 2.45) is 0 Å². The first-order valence-electron chi connectivity index (χ1n) is 9.76. The monoisotopic (exact) mass is 373 g/mol. The predicted molar refractivity (Wildman–Crippen MR) is 112 cm³/mol. The number of ether oxygens (including phenoxy) is 1. The van der Waals surface area contributed by atoms with Crippen LogP contribution in [0.4, 0.5) is 0 Å². The van der Waals surface area contributed by atoms with Crippen LogP contribution in [0.3, 0.4) is 0 Å². The predicted octanol–water partition coefficient (Wildman–Crippen LogP) is 3.87. The van der Waals surface area contributed by atoms with Gasteiger partial charge < -0.3 is 14.3 Å². The van der Waals surface area contributed by atoms with Gasteiger partial charge in [-0.15, -0.1) is 0 Å². The molecule has 0 aliphatic carbocycles. The molecule has 1 unspecified atom stereocenters. The van der Waals surface area contributed by atoms with E-state index in [4.69, 9.17) is 4.74 Å². The standard InChI is InChI=1S/C23H23N3O2/c1-16(25-10-12-28-13-11-25)17-6-7-21-19(14-17)8-9-26(21)22-15-18-4-2-3-5-20(18)24-23(22)27/h2-9,14-16H,10-13H2,1H3,(H,24,27). The second kappa shape index (κ2) is 6.93. The summed E-state index contributed by atoms with van der Waals surface area (Å²) in [5, 5.41) is 2.17. The molecule has 2 aromatic carbocycles. The maximum Gasteiger partial charge on any atom is 0.272 e. The molecule has 3 heterocycles. The van der Waals surface area contributed by atoms with E-state index in [1.165, 1.54) is 5.56 Å². The molecule has 28 heavy (non-hydrogen) atoms. The van der Waals surface area contributed by atoms with Gasteiger partial charge in [-0.05, 0) is 42.8 Å². The van der Waals surface area contributed by atoms with Crippen molar-refractivity contribution in [3.05, 3.63) is 76.7 Å². The fourth-order valence-corrected chi connectivity index (χ4v) is 4.12. The van der Waals surface area contributed by atoms with E-state index in [2.05, 4.69) is 41.1 Å². The highest BCUT2D eigenvalue weighted by molar-refractivity contribution is 5.85. The lowest BCUT2D eigenvalue weighted by atomic mass is 10.0. The summed E-state index contributed by atoms with van der Waals surface area (Å²) in [6, 6.07) is 18.8. The number of morpholine rings is 1. The average Bonchev–Trinajstić information content (AvgIpc) is 3.16. The molecule has 0 saturated carbocycles. The van der Waals surface area contributed by atoms with Crippen molar-refractivity contribution >= 4 is 21.8 Å². The number of para-hydroxylation sites is 1. The van der Waals surface area contributed by atoms with Gasteiger partial charge in [-0.3, -0.25) is 9.69 Å². The van der Waals surface area contributed by atoms with Gasteiger partial charge in [-0.1, -0.05) is 24.3 Å². The van der Waals surface area contributed by atoms with E-state index >= 15 is 0 Å². The van der Waals surface area contributed by atoms with Gasteiger partial charge in [0.2, 0.25) is 0 Å². The first-order valence-corrected chi connectivity index (χ1v) is 9.76. The number of aromatic nitrogens is 2. The number of aromatic amines is 1. The van der Waals surface area contributed by atoms with Gasteiger partial charge in [-0.2, -0.15) is 0 Å². The van der Waals surface area contributed by atoms with Gasteiger partial charge >= 0.3 is 0 Å². The van der Waals surface area contributed by atoms with Gasteiger partial charge in [0.05, 0.1) is 18.7 Å². The largest absolute Gasteiger partial charge is 0.379 e. The Hall–Kier alpha value is -2.89. The summed E-state index contributed by atoms with van der Waals surface area (Å²) < 4.78 is 7.45. The first-order chi connectivity index (χ1) is 13.7. The molecule has 0 spiro atoms. The lowest BCUT2D eigenvalue weighted by Gasteiger charge is -2.32. The molecule has 142 valence electrons. The Morgan fingerprint density at radius 3 is 2.68 bits per heavy atom. The van der Waals surface area contributed by atoms with Crippen molar-refractivity contribution in [1.29, 1.82) is 0 Å². The molecule has 5 nitrogen and oxygen atoms in total. The minimum absolute atomic E-state index is 0.0815. The van der Waals surface area contributed by atoms with E-state index in [0.717, 1.165) is 48.1 Å². The fraction of sp³-hybridized carbons (Fsp3) is 0.261. The smallest absolute Gasteiger partial charge is 0.272 e. The van der Waals surface area contributed by atoms with E-state index in [1.54, 1.807) is 0 Å². The topological polar surface area (TPSA) is 50.3 Å².